The number of ether oxygens (including phenoxy) is 1. The fourth-order valence-corrected chi connectivity index (χ4v) is 2.72. The maximum atomic E-state index is 11.3. The molecular weight excluding hydrogens is 186 g/mol. The first-order chi connectivity index (χ1) is 6.20. The van der Waals surface area contributed by atoms with E-state index in [1.165, 1.54) is 16.2 Å². The van der Waals surface area contributed by atoms with E-state index in [4.69, 9.17) is 10.5 Å². The van der Waals surface area contributed by atoms with Crippen LogP contribution in [-0.4, -0.2) is 12.4 Å². The molecule has 4 heteroatoms. The number of nitrogen functional groups attached to an aromatic ring is 1. The molecule has 0 radical (unpaired) electrons. The zero-order valence-electron chi connectivity index (χ0n) is 7.42. The molecule has 1 aliphatic heterocycles. The Kier molecular flexibility index (Phi) is 2.09. The molecule has 0 atom stereocenters. The third-order valence-corrected chi connectivity index (χ3v) is 3.31. The standard InChI is InChI=1S/C9H11NO2S/c1-5(11)8-6-4-12-3-2-7(6)13-9(8)10/h2-4,10H2,1H3. The summed E-state index contributed by atoms with van der Waals surface area (Å²) in [7, 11) is 0. The Labute approximate surface area is 80.5 Å². The molecule has 2 heterocycles. The summed E-state index contributed by atoms with van der Waals surface area (Å²) in [5.41, 5.74) is 7.46. The lowest BCUT2D eigenvalue weighted by atomic mass is 10.1. The van der Waals surface area contributed by atoms with Gasteiger partial charge >= 0.3 is 0 Å². The van der Waals surface area contributed by atoms with Crippen LogP contribution in [0.1, 0.15) is 27.7 Å². The van der Waals surface area contributed by atoms with Crippen LogP contribution >= 0.6 is 11.3 Å². The molecule has 0 fully saturated rings. The fourth-order valence-electron chi connectivity index (χ4n) is 1.61. The first kappa shape index (κ1) is 8.72. The molecule has 0 aliphatic carbocycles. The van der Waals surface area contributed by atoms with Crippen LogP contribution in [0.15, 0.2) is 0 Å². The monoisotopic (exact) mass is 197 g/mol. The van der Waals surface area contributed by atoms with Gasteiger partial charge in [-0.15, -0.1) is 11.3 Å². The van der Waals surface area contributed by atoms with E-state index >= 15 is 0 Å². The second-order valence-corrected chi connectivity index (χ2v) is 4.24. The van der Waals surface area contributed by atoms with Crippen LogP contribution in [0, 0.1) is 0 Å². The molecule has 0 amide bonds. The fraction of sp³-hybridized carbons (Fsp3) is 0.444. The van der Waals surface area contributed by atoms with E-state index in [0.717, 1.165) is 18.6 Å². The van der Waals surface area contributed by atoms with E-state index in [2.05, 4.69) is 0 Å². The summed E-state index contributed by atoms with van der Waals surface area (Å²) in [5, 5.41) is 0.642. The van der Waals surface area contributed by atoms with Crippen LogP contribution < -0.4 is 5.73 Å². The Morgan fingerprint density at radius 2 is 2.38 bits per heavy atom. The molecule has 0 bridgehead atoms. The van der Waals surface area contributed by atoms with Gasteiger partial charge in [0.2, 0.25) is 0 Å². The van der Waals surface area contributed by atoms with Crippen LogP contribution in [-0.2, 0) is 17.8 Å². The van der Waals surface area contributed by atoms with Gasteiger partial charge in [0.05, 0.1) is 23.8 Å². The molecule has 2 rings (SSSR count). The Bertz CT molecular complexity index is 357. The number of thiophene rings is 1. The van der Waals surface area contributed by atoms with Crippen LogP contribution in [0.4, 0.5) is 5.00 Å². The Morgan fingerprint density at radius 1 is 1.62 bits per heavy atom. The number of nitrogens with two attached hydrogens (primary N) is 1. The number of carbonyl (C=O) groups excluding carboxylic acids is 1. The molecule has 0 spiro atoms. The van der Waals surface area contributed by atoms with Crippen molar-refractivity contribution in [2.24, 2.45) is 0 Å². The van der Waals surface area contributed by atoms with Crippen molar-refractivity contribution < 1.29 is 9.53 Å². The Morgan fingerprint density at radius 3 is 3.08 bits per heavy atom. The van der Waals surface area contributed by atoms with Crippen molar-refractivity contribution in [3.63, 3.8) is 0 Å². The van der Waals surface area contributed by atoms with Gasteiger partial charge in [-0.05, 0) is 6.92 Å². The minimum atomic E-state index is 0.0421. The van der Waals surface area contributed by atoms with Gasteiger partial charge in [-0.2, -0.15) is 0 Å². The number of anilines is 1. The Balaban J connectivity index is 2.54. The third kappa shape index (κ3) is 1.36. The van der Waals surface area contributed by atoms with Crippen molar-refractivity contribution in [3.8, 4) is 0 Å². The summed E-state index contributed by atoms with van der Waals surface area (Å²) in [6.45, 7) is 2.83. The molecule has 3 nitrogen and oxygen atoms in total. The van der Waals surface area contributed by atoms with Crippen LogP contribution in [0.5, 0.6) is 0 Å². The second-order valence-electron chi connectivity index (χ2n) is 3.10. The average molecular weight is 197 g/mol. The lowest BCUT2D eigenvalue weighted by Gasteiger charge is -2.12. The van der Waals surface area contributed by atoms with Gasteiger partial charge in [-0.1, -0.05) is 0 Å². The molecule has 1 aromatic rings. The molecule has 70 valence electrons. The number of hydrogen-bond donors (Lipinski definition) is 1. The zero-order chi connectivity index (χ0) is 9.42. The highest BCUT2D eigenvalue weighted by molar-refractivity contribution is 7.16. The topological polar surface area (TPSA) is 52.3 Å². The molecule has 1 aromatic heterocycles. The highest BCUT2D eigenvalue weighted by atomic mass is 32.1. The number of ketones is 1. The highest BCUT2D eigenvalue weighted by Crippen LogP contribution is 2.34. The van der Waals surface area contributed by atoms with Crippen molar-refractivity contribution in [2.75, 3.05) is 12.3 Å². The Hall–Kier alpha value is -0.870. The molecule has 0 unspecified atom stereocenters. The summed E-state index contributed by atoms with van der Waals surface area (Å²) in [6.07, 6.45) is 0.886. The van der Waals surface area contributed by atoms with E-state index < -0.39 is 0 Å². The van der Waals surface area contributed by atoms with Gasteiger partial charge in [0.15, 0.2) is 5.78 Å². The maximum absolute atomic E-state index is 11.3. The van der Waals surface area contributed by atoms with Crippen molar-refractivity contribution in [1.82, 2.24) is 0 Å². The van der Waals surface area contributed by atoms with E-state index in [-0.39, 0.29) is 5.78 Å². The lowest BCUT2D eigenvalue weighted by Crippen LogP contribution is -2.10. The first-order valence-electron chi connectivity index (χ1n) is 4.19. The molecule has 2 N–H and O–H groups in total. The molecule has 0 aromatic carbocycles. The van der Waals surface area contributed by atoms with Crippen molar-refractivity contribution in [3.05, 3.63) is 16.0 Å². The number of hydrogen-bond acceptors (Lipinski definition) is 4. The lowest BCUT2D eigenvalue weighted by molar-refractivity contribution is 0.0984. The largest absolute Gasteiger partial charge is 0.390 e. The van der Waals surface area contributed by atoms with Gasteiger partial charge in [-0.3, -0.25) is 4.79 Å². The molecule has 0 saturated heterocycles. The summed E-state index contributed by atoms with van der Waals surface area (Å²) < 4.78 is 5.30. The second kappa shape index (κ2) is 3.12. The number of carbonyl (C=O) groups is 1. The summed E-state index contributed by atoms with van der Waals surface area (Å²) in [6, 6.07) is 0. The third-order valence-electron chi connectivity index (χ3n) is 2.19. The minimum Gasteiger partial charge on any atom is -0.390 e. The molecule has 1 aliphatic rings. The van der Waals surface area contributed by atoms with Crippen molar-refractivity contribution >= 4 is 22.1 Å². The van der Waals surface area contributed by atoms with Crippen molar-refractivity contribution in [1.29, 1.82) is 0 Å². The van der Waals surface area contributed by atoms with Gasteiger partial charge in [0, 0.05) is 16.9 Å². The van der Waals surface area contributed by atoms with E-state index in [9.17, 15) is 4.79 Å². The minimum absolute atomic E-state index is 0.0421. The average Bonchev–Trinajstić information content (AvgIpc) is 2.39. The van der Waals surface area contributed by atoms with Crippen LogP contribution in [0.25, 0.3) is 0 Å². The number of rotatable bonds is 1. The van der Waals surface area contributed by atoms with Gasteiger partial charge < -0.3 is 10.5 Å². The van der Waals surface area contributed by atoms with Crippen LogP contribution in [0.3, 0.4) is 0 Å². The molecular formula is C9H11NO2S. The number of fused-ring (bicyclic) bond motifs is 1. The highest BCUT2D eigenvalue weighted by Gasteiger charge is 2.21. The van der Waals surface area contributed by atoms with E-state index in [1.807, 2.05) is 0 Å². The predicted molar refractivity (Wildman–Crippen MR) is 52.1 cm³/mol. The summed E-state index contributed by atoms with van der Waals surface area (Å²) >= 11 is 1.52. The zero-order valence-corrected chi connectivity index (χ0v) is 8.24. The predicted octanol–water partition coefficient (Wildman–Crippen LogP) is 1.61. The van der Waals surface area contributed by atoms with E-state index in [0.29, 0.717) is 17.2 Å². The molecule has 13 heavy (non-hydrogen) atoms. The van der Waals surface area contributed by atoms with Gasteiger partial charge in [-0.25, -0.2) is 0 Å². The summed E-state index contributed by atoms with van der Waals surface area (Å²) in [5.74, 6) is 0.0421. The number of Topliss-reactive ketones (excluding diaryl/α,β-unsaturated/α-hetero) is 1. The maximum Gasteiger partial charge on any atom is 0.163 e. The quantitative estimate of drug-likeness (QED) is 0.696. The summed E-state index contributed by atoms with van der Waals surface area (Å²) in [4.78, 5) is 12.5. The van der Waals surface area contributed by atoms with E-state index in [1.54, 1.807) is 6.92 Å². The van der Waals surface area contributed by atoms with Crippen molar-refractivity contribution in [2.45, 2.75) is 20.0 Å². The van der Waals surface area contributed by atoms with Crippen LogP contribution in [0.2, 0.25) is 0 Å². The smallest absolute Gasteiger partial charge is 0.163 e. The first-order valence-corrected chi connectivity index (χ1v) is 5.00. The normalized spacial score (nSPS) is 15.5. The van der Waals surface area contributed by atoms with Gasteiger partial charge in [0.1, 0.15) is 0 Å². The SMILES string of the molecule is CC(=O)c1c(N)sc2c1COCC2. The molecule has 0 saturated carbocycles. The van der Waals surface area contributed by atoms with Gasteiger partial charge in [0.25, 0.3) is 0 Å².